The number of halogens is 1. The highest BCUT2D eigenvalue weighted by atomic mass is 35.5. The van der Waals surface area contributed by atoms with E-state index in [-0.39, 0.29) is 5.78 Å². The lowest BCUT2D eigenvalue weighted by Gasteiger charge is -2.38. The van der Waals surface area contributed by atoms with E-state index < -0.39 is 5.60 Å². The van der Waals surface area contributed by atoms with E-state index in [0.29, 0.717) is 24.0 Å². The largest absolute Gasteiger partial charge is 0.367 e. The Bertz CT molecular complexity index is 445. The molecule has 0 saturated heterocycles. The van der Waals surface area contributed by atoms with Crippen molar-refractivity contribution in [2.45, 2.75) is 51.6 Å². The van der Waals surface area contributed by atoms with E-state index in [9.17, 15) is 4.79 Å². The number of hydrogen-bond donors (Lipinski definition) is 0. The third-order valence-corrected chi connectivity index (χ3v) is 4.54. The molecule has 0 spiro atoms. The third kappa shape index (κ3) is 3.62. The van der Waals surface area contributed by atoms with Crippen molar-refractivity contribution >= 4 is 17.4 Å². The zero-order valence-electron chi connectivity index (χ0n) is 12.3. The van der Waals surface area contributed by atoms with Gasteiger partial charge in [0.2, 0.25) is 0 Å². The van der Waals surface area contributed by atoms with Crippen molar-refractivity contribution in [1.29, 1.82) is 0 Å². The Hall–Kier alpha value is -0.860. The second-order valence-corrected chi connectivity index (χ2v) is 6.27. The lowest BCUT2D eigenvalue weighted by atomic mass is 9.76. The first kappa shape index (κ1) is 15.5. The molecule has 2 nitrogen and oxygen atoms in total. The van der Waals surface area contributed by atoms with Crippen LogP contribution in [-0.2, 0) is 16.0 Å². The highest BCUT2D eigenvalue weighted by Gasteiger charge is 2.41. The van der Waals surface area contributed by atoms with Crippen LogP contribution in [0.1, 0.15) is 45.1 Å². The summed E-state index contributed by atoms with van der Waals surface area (Å²) in [5.74, 6) is 0.917. The molecule has 0 heterocycles. The number of hydrogen-bond acceptors (Lipinski definition) is 2. The fourth-order valence-corrected chi connectivity index (χ4v) is 3.08. The summed E-state index contributed by atoms with van der Waals surface area (Å²) in [5, 5.41) is 0.701. The highest BCUT2D eigenvalue weighted by molar-refractivity contribution is 6.30. The maximum absolute atomic E-state index is 12.7. The molecule has 0 unspecified atom stereocenters. The standard InChI is InChI=1S/C17H23ClO2/c1-3-20-17(10-8-13(2)9-11-17)16(19)12-14-4-6-15(18)7-5-14/h4-7,13H,3,8-12H2,1-2H3. The van der Waals surface area contributed by atoms with Crippen LogP contribution in [0.15, 0.2) is 24.3 Å². The lowest BCUT2D eigenvalue weighted by Crippen LogP contribution is -2.45. The summed E-state index contributed by atoms with van der Waals surface area (Å²) in [6.45, 7) is 4.82. The molecule has 1 aromatic rings. The minimum Gasteiger partial charge on any atom is -0.367 e. The van der Waals surface area contributed by atoms with Gasteiger partial charge in [0.05, 0.1) is 0 Å². The number of Topliss-reactive ketones (excluding diaryl/α,β-unsaturated/α-hetero) is 1. The second-order valence-electron chi connectivity index (χ2n) is 5.84. The van der Waals surface area contributed by atoms with Crippen LogP contribution >= 0.6 is 11.6 Å². The van der Waals surface area contributed by atoms with Crippen LogP contribution in [0.3, 0.4) is 0 Å². The van der Waals surface area contributed by atoms with Gasteiger partial charge in [-0.05, 0) is 56.2 Å². The van der Waals surface area contributed by atoms with Crippen molar-refractivity contribution in [1.82, 2.24) is 0 Å². The predicted molar refractivity (Wildman–Crippen MR) is 82.2 cm³/mol. The van der Waals surface area contributed by atoms with Crippen molar-refractivity contribution < 1.29 is 9.53 Å². The topological polar surface area (TPSA) is 26.3 Å². The molecule has 0 amide bonds. The van der Waals surface area contributed by atoms with Crippen LogP contribution in [-0.4, -0.2) is 18.0 Å². The molecule has 0 N–H and O–H groups in total. The first-order valence-corrected chi connectivity index (χ1v) is 7.85. The van der Waals surface area contributed by atoms with Gasteiger partial charge in [0.15, 0.2) is 5.78 Å². The van der Waals surface area contributed by atoms with Gasteiger partial charge < -0.3 is 4.74 Å². The van der Waals surface area contributed by atoms with Crippen LogP contribution in [0.2, 0.25) is 5.02 Å². The Kier molecular flexibility index (Phi) is 5.22. The zero-order chi connectivity index (χ0) is 14.6. The molecule has 1 saturated carbocycles. The zero-order valence-corrected chi connectivity index (χ0v) is 13.1. The van der Waals surface area contributed by atoms with E-state index in [2.05, 4.69) is 6.92 Å². The Morgan fingerprint density at radius 3 is 2.45 bits per heavy atom. The van der Waals surface area contributed by atoms with Gasteiger partial charge in [-0.25, -0.2) is 0 Å². The fraction of sp³-hybridized carbons (Fsp3) is 0.588. The maximum Gasteiger partial charge on any atom is 0.168 e. The Morgan fingerprint density at radius 2 is 1.90 bits per heavy atom. The molecule has 0 aliphatic heterocycles. The van der Waals surface area contributed by atoms with Crippen molar-refractivity contribution in [3.8, 4) is 0 Å². The summed E-state index contributed by atoms with van der Waals surface area (Å²) in [6, 6.07) is 7.51. The number of benzene rings is 1. The average molecular weight is 295 g/mol. The molecule has 0 radical (unpaired) electrons. The molecule has 0 aromatic heterocycles. The Labute approximate surface area is 126 Å². The molecular weight excluding hydrogens is 272 g/mol. The van der Waals surface area contributed by atoms with Gasteiger partial charge in [-0.2, -0.15) is 0 Å². The van der Waals surface area contributed by atoms with Crippen LogP contribution in [0.5, 0.6) is 0 Å². The smallest absolute Gasteiger partial charge is 0.168 e. The van der Waals surface area contributed by atoms with Gasteiger partial charge in [-0.3, -0.25) is 4.79 Å². The molecular formula is C17H23ClO2. The van der Waals surface area contributed by atoms with E-state index in [4.69, 9.17) is 16.3 Å². The molecule has 0 bridgehead atoms. The normalized spacial score (nSPS) is 26.4. The number of ketones is 1. The Balaban J connectivity index is 2.09. The van der Waals surface area contributed by atoms with Crippen LogP contribution < -0.4 is 0 Å². The van der Waals surface area contributed by atoms with Gasteiger partial charge >= 0.3 is 0 Å². The van der Waals surface area contributed by atoms with E-state index in [0.717, 1.165) is 31.2 Å². The summed E-state index contributed by atoms with van der Waals surface area (Å²) >= 11 is 5.88. The minimum atomic E-state index is -0.555. The molecule has 2 rings (SSSR count). The second kappa shape index (κ2) is 6.73. The minimum absolute atomic E-state index is 0.216. The molecule has 110 valence electrons. The van der Waals surface area contributed by atoms with E-state index in [1.54, 1.807) is 0 Å². The van der Waals surface area contributed by atoms with Crippen LogP contribution in [0, 0.1) is 5.92 Å². The van der Waals surface area contributed by atoms with Gasteiger partial charge in [-0.15, -0.1) is 0 Å². The van der Waals surface area contributed by atoms with E-state index >= 15 is 0 Å². The molecule has 1 aliphatic rings. The Morgan fingerprint density at radius 1 is 1.30 bits per heavy atom. The molecule has 3 heteroatoms. The average Bonchev–Trinajstić information content (AvgIpc) is 2.44. The van der Waals surface area contributed by atoms with Crippen molar-refractivity contribution in [2.24, 2.45) is 5.92 Å². The van der Waals surface area contributed by atoms with Gasteiger partial charge in [0.1, 0.15) is 5.60 Å². The molecule has 20 heavy (non-hydrogen) atoms. The fourth-order valence-electron chi connectivity index (χ4n) is 2.96. The monoisotopic (exact) mass is 294 g/mol. The molecule has 1 aliphatic carbocycles. The number of rotatable bonds is 5. The lowest BCUT2D eigenvalue weighted by molar-refractivity contribution is -0.149. The van der Waals surface area contributed by atoms with E-state index in [1.165, 1.54) is 0 Å². The first-order valence-electron chi connectivity index (χ1n) is 7.47. The first-order chi connectivity index (χ1) is 9.55. The van der Waals surface area contributed by atoms with Gasteiger partial charge in [0.25, 0.3) is 0 Å². The summed E-state index contributed by atoms with van der Waals surface area (Å²) < 4.78 is 5.90. The van der Waals surface area contributed by atoms with Crippen molar-refractivity contribution in [3.63, 3.8) is 0 Å². The summed E-state index contributed by atoms with van der Waals surface area (Å²) in [6.07, 6.45) is 4.30. The van der Waals surface area contributed by atoms with Gasteiger partial charge in [-0.1, -0.05) is 30.7 Å². The molecule has 0 atom stereocenters. The molecule has 1 fully saturated rings. The van der Waals surface area contributed by atoms with Gasteiger partial charge in [0, 0.05) is 18.1 Å². The predicted octanol–water partition coefficient (Wildman–Crippen LogP) is 4.44. The summed E-state index contributed by atoms with van der Waals surface area (Å²) in [5.41, 5.74) is 0.457. The summed E-state index contributed by atoms with van der Waals surface area (Å²) in [7, 11) is 0. The maximum atomic E-state index is 12.7. The third-order valence-electron chi connectivity index (χ3n) is 4.29. The van der Waals surface area contributed by atoms with Crippen molar-refractivity contribution in [2.75, 3.05) is 6.61 Å². The van der Waals surface area contributed by atoms with Crippen molar-refractivity contribution in [3.05, 3.63) is 34.9 Å². The van der Waals surface area contributed by atoms with Crippen LogP contribution in [0.25, 0.3) is 0 Å². The number of ether oxygens (including phenoxy) is 1. The number of carbonyl (C=O) groups excluding carboxylic acids is 1. The summed E-state index contributed by atoms with van der Waals surface area (Å²) in [4.78, 5) is 12.7. The highest BCUT2D eigenvalue weighted by Crippen LogP contribution is 2.36. The van der Waals surface area contributed by atoms with Crippen LogP contribution in [0.4, 0.5) is 0 Å². The van der Waals surface area contributed by atoms with E-state index in [1.807, 2.05) is 31.2 Å². The SMILES string of the molecule is CCOC1(C(=O)Cc2ccc(Cl)cc2)CCC(C)CC1. The molecule has 1 aromatic carbocycles. The number of carbonyl (C=O) groups is 1. The quantitative estimate of drug-likeness (QED) is 0.802.